The van der Waals surface area contributed by atoms with Gasteiger partial charge in [0.1, 0.15) is 6.33 Å². The second-order valence-electron chi connectivity index (χ2n) is 4.75. The van der Waals surface area contributed by atoms with Crippen molar-refractivity contribution in [2.75, 3.05) is 13.7 Å². The molecule has 5 heteroatoms. The van der Waals surface area contributed by atoms with E-state index >= 15 is 0 Å². The summed E-state index contributed by atoms with van der Waals surface area (Å²) < 4.78 is 7.11. The lowest BCUT2D eigenvalue weighted by Gasteiger charge is -2.28. The SMILES string of the molecule is COC1CCC(NCCc2ncn(C)n2)CC1. The molecule has 0 bridgehead atoms. The number of hydrogen-bond donors (Lipinski definition) is 1. The summed E-state index contributed by atoms with van der Waals surface area (Å²) >= 11 is 0. The van der Waals surface area contributed by atoms with Crippen molar-refractivity contribution in [3.05, 3.63) is 12.2 Å². The molecule has 96 valence electrons. The average molecular weight is 238 g/mol. The summed E-state index contributed by atoms with van der Waals surface area (Å²) in [6, 6.07) is 0.644. The summed E-state index contributed by atoms with van der Waals surface area (Å²) in [7, 11) is 3.71. The first-order valence-corrected chi connectivity index (χ1v) is 6.38. The van der Waals surface area contributed by atoms with Gasteiger partial charge in [0.15, 0.2) is 5.82 Å². The second kappa shape index (κ2) is 6.12. The van der Waals surface area contributed by atoms with Gasteiger partial charge in [0.2, 0.25) is 0 Å². The maximum Gasteiger partial charge on any atom is 0.151 e. The highest BCUT2D eigenvalue weighted by atomic mass is 16.5. The third-order valence-corrected chi connectivity index (χ3v) is 3.44. The lowest BCUT2D eigenvalue weighted by Crippen LogP contribution is -2.36. The van der Waals surface area contributed by atoms with Crippen molar-refractivity contribution in [3.63, 3.8) is 0 Å². The van der Waals surface area contributed by atoms with Crippen LogP contribution >= 0.6 is 0 Å². The van der Waals surface area contributed by atoms with Gasteiger partial charge in [0, 0.05) is 33.2 Å². The fourth-order valence-electron chi connectivity index (χ4n) is 2.39. The summed E-state index contributed by atoms with van der Waals surface area (Å²) in [4.78, 5) is 4.22. The van der Waals surface area contributed by atoms with Gasteiger partial charge in [-0.05, 0) is 25.7 Å². The summed E-state index contributed by atoms with van der Waals surface area (Å²) in [6.07, 6.45) is 7.92. The molecule has 0 atom stereocenters. The summed E-state index contributed by atoms with van der Waals surface area (Å²) in [5, 5.41) is 7.84. The molecule has 0 aromatic carbocycles. The first-order valence-electron chi connectivity index (χ1n) is 6.38. The Hall–Kier alpha value is -0.940. The van der Waals surface area contributed by atoms with Crippen LogP contribution in [-0.4, -0.2) is 40.6 Å². The van der Waals surface area contributed by atoms with Crippen LogP contribution in [-0.2, 0) is 18.2 Å². The Bertz CT molecular complexity index is 331. The number of aromatic nitrogens is 3. The van der Waals surface area contributed by atoms with Crippen molar-refractivity contribution in [3.8, 4) is 0 Å². The molecule has 2 rings (SSSR count). The quantitative estimate of drug-likeness (QED) is 0.828. The van der Waals surface area contributed by atoms with E-state index < -0.39 is 0 Å². The fraction of sp³-hybridized carbons (Fsp3) is 0.833. The second-order valence-corrected chi connectivity index (χ2v) is 4.75. The molecule has 0 saturated heterocycles. The molecule has 17 heavy (non-hydrogen) atoms. The van der Waals surface area contributed by atoms with E-state index in [0.29, 0.717) is 12.1 Å². The van der Waals surface area contributed by atoms with Crippen molar-refractivity contribution >= 4 is 0 Å². The van der Waals surface area contributed by atoms with Gasteiger partial charge in [0.25, 0.3) is 0 Å². The maximum absolute atomic E-state index is 5.37. The number of aryl methyl sites for hydroxylation is 1. The fourth-order valence-corrected chi connectivity index (χ4v) is 2.39. The first kappa shape index (κ1) is 12.5. The number of nitrogens with one attached hydrogen (secondary N) is 1. The average Bonchev–Trinajstić information content (AvgIpc) is 2.76. The van der Waals surface area contributed by atoms with E-state index in [1.807, 2.05) is 14.2 Å². The lowest BCUT2D eigenvalue weighted by molar-refractivity contribution is 0.0626. The molecule has 1 aromatic rings. The number of hydrogen-bond acceptors (Lipinski definition) is 4. The lowest BCUT2D eigenvalue weighted by atomic mass is 9.93. The monoisotopic (exact) mass is 238 g/mol. The van der Waals surface area contributed by atoms with Crippen LogP contribution in [0.3, 0.4) is 0 Å². The molecule has 1 N–H and O–H groups in total. The Kier molecular flexibility index (Phi) is 4.50. The molecule has 0 unspecified atom stereocenters. The summed E-state index contributed by atoms with van der Waals surface area (Å²) in [6.45, 7) is 0.965. The molecule has 1 heterocycles. The van der Waals surface area contributed by atoms with Crippen LogP contribution in [0.4, 0.5) is 0 Å². The zero-order valence-corrected chi connectivity index (χ0v) is 10.7. The third-order valence-electron chi connectivity index (χ3n) is 3.44. The Morgan fingerprint density at radius 3 is 2.76 bits per heavy atom. The highest BCUT2D eigenvalue weighted by molar-refractivity contribution is 4.84. The molecule has 1 aliphatic rings. The molecule has 1 fully saturated rings. The summed E-state index contributed by atoms with van der Waals surface area (Å²) in [5.41, 5.74) is 0. The van der Waals surface area contributed by atoms with E-state index in [-0.39, 0.29) is 0 Å². The van der Waals surface area contributed by atoms with Crippen LogP contribution in [0.5, 0.6) is 0 Å². The predicted octanol–water partition coefficient (Wildman–Crippen LogP) is 0.905. The van der Waals surface area contributed by atoms with Gasteiger partial charge in [-0.3, -0.25) is 4.68 Å². The van der Waals surface area contributed by atoms with E-state index in [1.54, 1.807) is 11.0 Å². The van der Waals surface area contributed by atoms with Gasteiger partial charge < -0.3 is 10.1 Å². The van der Waals surface area contributed by atoms with E-state index in [1.165, 1.54) is 25.7 Å². The van der Waals surface area contributed by atoms with Gasteiger partial charge in [0.05, 0.1) is 6.10 Å². The Morgan fingerprint density at radius 2 is 2.18 bits per heavy atom. The van der Waals surface area contributed by atoms with Crippen molar-refractivity contribution in [1.29, 1.82) is 0 Å². The standard InChI is InChI=1S/C12H22N4O/c1-16-9-14-12(15-16)7-8-13-10-3-5-11(17-2)6-4-10/h9-11,13H,3-8H2,1-2H3. The van der Waals surface area contributed by atoms with Crippen LogP contribution in [0.1, 0.15) is 31.5 Å². The third kappa shape index (κ3) is 3.78. The number of ether oxygens (including phenoxy) is 1. The molecule has 1 aliphatic carbocycles. The zero-order valence-electron chi connectivity index (χ0n) is 10.7. The van der Waals surface area contributed by atoms with Crippen molar-refractivity contribution in [2.24, 2.45) is 7.05 Å². The van der Waals surface area contributed by atoms with Gasteiger partial charge in [-0.15, -0.1) is 0 Å². The predicted molar refractivity (Wildman–Crippen MR) is 65.8 cm³/mol. The molecule has 1 saturated carbocycles. The minimum Gasteiger partial charge on any atom is -0.381 e. The molecule has 1 aromatic heterocycles. The van der Waals surface area contributed by atoms with E-state index in [0.717, 1.165) is 18.8 Å². The minimum absolute atomic E-state index is 0.477. The molecular formula is C12H22N4O. The number of nitrogens with zero attached hydrogens (tertiary/aromatic N) is 3. The highest BCUT2D eigenvalue weighted by Crippen LogP contribution is 2.20. The Balaban J connectivity index is 1.63. The molecular weight excluding hydrogens is 216 g/mol. The van der Waals surface area contributed by atoms with Crippen LogP contribution in [0.2, 0.25) is 0 Å². The molecule has 0 spiro atoms. The van der Waals surface area contributed by atoms with E-state index in [9.17, 15) is 0 Å². The minimum atomic E-state index is 0.477. The summed E-state index contributed by atoms with van der Waals surface area (Å²) in [5.74, 6) is 0.922. The molecule has 0 aliphatic heterocycles. The van der Waals surface area contributed by atoms with E-state index in [4.69, 9.17) is 4.74 Å². The Morgan fingerprint density at radius 1 is 1.41 bits per heavy atom. The highest BCUT2D eigenvalue weighted by Gasteiger charge is 2.19. The number of methoxy groups -OCH3 is 1. The molecule has 5 nitrogen and oxygen atoms in total. The van der Waals surface area contributed by atoms with Crippen LogP contribution in [0.15, 0.2) is 6.33 Å². The first-order chi connectivity index (χ1) is 8.28. The Labute approximate surface area is 103 Å². The topological polar surface area (TPSA) is 52.0 Å². The van der Waals surface area contributed by atoms with Crippen molar-refractivity contribution < 1.29 is 4.74 Å². The van der Waals surface area contributed by atoms with Crippen LogP contribution in [0, 0.1) is 0 Å². The zero-order chi connectivity index (χ0) is 12.1. The smallest absolute Gasteiger partial charge is 0.151 e. The van der Waals surface area contributed by atoms with Crippen molar-refractivity contribution in [2.45, 2.75) is 44.2 Å². The van der Waals surface area contributed by atoms with Crippen molar-refractivity contribution in [1.82, 2.24) is 20.1 Å². The molecule has 0 radical (unpaired) electrons. The number of rotatable bonds is 5. The normalized spacial score (nSPS) is 25.1. The van der Waals surface area contributed by atoms with Gasteiger partial charge in [-0.1, -0.05) is 0 Å². The van der Waals surface area contributed by atoms with Gasteiger partial charge in [-0.2, -0.15) is 5.10 Å². The van der Waals surface area contributed by atoms with Crippen LogP contribution < -0.4 is 5.32 Å². The molecule has 0 amide bonds. The largest absolute Gasteiger partial charge is 0.381 e. The van der Waals surface area contributed by atoms with Crippen LogP contribution in [0.25, 0.3) is 0 Å². The van der Waals surface area contributed by atoms with Gasteiger partial charge in [-0.25, -0.2) is 4.98 Å². The van der Waals surface area contributed by atoms with E-state index in [2.05, 4.69) is 15.4 Å². The van der Waals surface area contributed by atoms with Gasteiger partial charge >= 0.3 is 0 Å². The maximum atomic E-state index is 5.37.